The molecule has 40 heavy (non-hydrogen) atoms. The van der Waals surface area contributed by atoms with Gasteiger partial charge < -0.3 is 14.8 Å². The summed E-state index contributed by atoms with van der Waals surface area (Å²) in [6.07, 6.45) is 18.3. The molecule has 0 heterocycles. The van der Waals surface area contributed by atoms with E-state index in [-0.39, 0.29) is 35.9 Å². The molecule has 12 nitrogen and oxygen atoms in total. The van der Waals surface area contributed by atoms with Crippen molar-refractivity contribution in [3.8, 4) is 0 Å². The minimum Gasteiger partial charge on any atom is -0.744 e. The summed E-state index contributed by atoms with van der Waals surface area (Å²) in [6, 6.07) is -1.03. The van der Waals surface area contributed by atoms with Crippen LogP contribution in [0.4, 0.5) is 0 Å². The molecule has 212 valence electrons. The molecular weight excluding hydrogens is 560 g/mol. The van der Waals surface area contributed by atoms with E-state index >= 15 is 0 Å². The van der Waals surface area contributed by atoms with E-state index in [9.17, 15) is 36.2 Å². The first kappa shape index (κ1) is 29.4. The lowest BCUT2D eigenvalue weighted by Gasteiger charge is -2.23. The molecule has 4 aliphatic carbocycles. The fourth-order valence-electron chi connectivity index (χ4n) is 4.19. The van der Waals surface area contributed by atoms with Crippen molar-refractivity contribution in [2.75, 3.05) is 0 Å². The van der Waals surface area contributed by atoms with E-state index in [1.54, 1.807) is 36.5 Å². The lowest BCUT2D eigenvalue weighted by Crippen LogP contribution is -2.15. The highest BCUT2D eigenvalue weighted by Gasteiger charge is 2.25. The van der Waals surface area contributed by atoms with Crippen LogP contribution in [0.1, 0.15) is 25.7 Å². The number of aliphatic hydroxyl groups is 2. The summed E-state index contributed by atoms with van der Waals surface area (Å²) in [4.78, 5) is -0.865. The molecule has 0 spiro atoms. The molecule has 0 saturated carbocycles. The van der Waals surface area contributed by atoms with Crippen molar-refractivity contribution >= 4 is 20.2 Å². The minimum atomic E-state index is -4.88. The van der Waals surface area contributed by atoms with Gasteiger partial charge in [-0.25, -0.2) is 8.42 Å². The van der Waals surface area contributed by atoms with Crippen LogP contribution in [0, 0.1) is 5.92 Å². The van der Waals surface area contributed by atoms with Gasteiger partial charge in [-0.15, -0.1) is 0 Å². The summed E-state index contributed by atoms with van der Waals surface area (Å²) in [6.45, 7) is 0. The Bertz CT molecular complexity index is 1590. The predicted molar refractivity (Wildman–Crippen MR) is 145 cm³/mol. The molecule has 4 atom stereocenters. The molecule has 0 aromatic heterocycles. The van der Waals surface area contributed by atoms with Crippen molar-refractivity contribution in [2.24, 2.45) is 26.4 Å². The zero-order valence-electron chi connectivity index (χ0n) is 21.1. The summed E-state index contributed by atoms with van der Waals surface area (Å²) in [5, 5.41) is 35.2. The Kier molecular flexibility index (Phi) is 9.05. The van der Waals surface area contributed by atoms with Crippen molar-refractivity contribution in [3.63, 3.8) is 0 Å². The van der Waals surface area contributed by atoms with E-state index in [1.165, 1.54) is 30.4 Å². The Balaban J connectivity index is 1.50. The number of hydrogen-bond acceptors (Lipinski definition) is 11. The number of rotatable bonds is 8. The van der Waals surface area contributed by atoms with Gasteiger partial charge >= 0.3 is 0 Å². The van der Waals surface area contributed by atoms with Gasteiger partial charge in [0.15, 0.2) is 0 Å². The van der Waals surface area contributed by atoms with Crippen molar-refractivity contribution in [1.82, 2.24) is 0 Å². The SMILES string of the molecule is O=S(=O)([O-])C1=CC(N=NC2C=CC(O)=CC2)=CCC1/C=C/C1=CCC(N=NC2=CCC(O)C=C2)C=C1S(=O)(=O)O. The smallest absolute Gasteiger partial charge is 0.294 e. The molecule has 0 saturated heterocycles. The Labute approximate surface area is 231 Å². The first-order chi connectivity index (χ1) is 18.9. The lowest BCUT2D eigenvalue weighted by molar-refractivity contribution is 0.225. The third-order valence-corrected chi connectivity index (χ3v) is 8.20. The van der Waals surface area contributed by atoms with Gasteiger partial charge in [-0.05, 0) is 61.6 Å². The van der Waals surface area contributed by atoms with E-state index in [1.807, 2.05) is 0 Å². The van der Waals surface area contributed by atoms with Crippen LogP contribution in [0.3, 0.4) is 0 Å². The van der Waals surface area contributed by atoms with Crippen molar-refractivity contribution in [2.45, 2.75) is 43.9 Å². The van der Waals surface area contributed by atoms with Crippen LogP contribution in [0.2, 0.25) is 0 Å². The maximum Gasteiger partial charge on any atom is 0.294 e. The zero-order valence-corrected chi connectivity index (χ0v) is 22.7. The van der Waals surface area contributed by atoms with E-state index in [4.69, 9.17) is 0 Å². The molecule has 0 bridgehead atoms. The van der Waals surface area contributed by atoms with Crippen molar-refractivity contribution in [1.29, 1.82) is 0 Å². The van der Waals surface area contributed by atoms with Crippen molar-refractivity contribution in [3.05, 3.63) is 105 Å². The maximum atomic E-state index is 12.1. The first-order valence-electron chi connectivity index (χ1n) is 12.3. The summed E-state index contributed by atoms with van der Waals surface area (Å²) in [5.41, 5.74) is 0.814. The van der Waals surface area contributed by atoms with Crippen LogP contribution >= 0.6 is 0 Å². The van der Waals surface area contributed by atoms with Crippen LogP contribution in [-0.4, -0.2) is 54.3 Å². The molecule has 0 radical (unpaired) electrons. The average Bonchev–Trinajstić information content (AvgIpc) is 2.90. The molecule has 3 N–H and O–H groups in total. The van der Waals surface area contributed by atoms with Crippen molar-refractivity contribution < 1.29 is 36.2 Å². The van der Waals surface area contributed by atoms with Crippen LogP contribution in [-0.2, 0) is 20.2 Å². The number of hydrogen-bond donors (Lipinski definition) is 3. The molecule has 0 fully saturated rings. The Morgan fingerprint density at radius 1 is 0.875 bits per heavy atom. The van der Waals surface area contributed by atoms with Crippen LogP contribution in [0.5, 0.6) is 0 Å². The average molecular weight is 588 g/mol. The number of aliphatic hydroxyl groups excluding tert-OH is 2. The summed E-state index contributed by atoms with van der Waals surface area (Å²) >= 11 is 0. The molecular formula is C26H27N4O8S2-. The highest BCUT2D eigenvalue weighted by atomic mass is 32.2. The second kappa shape index (κ2) is 12.3. The third-order valence-electron chi connectivity index (χ3n) is 6.28. The second-order valence-corrected chi connectivity index (χ2v) is 12.1. The standard InChI is InChI=1S/C26H28N4O8S2/c31-23-11-7-19(8-12-23)27-29-21-5-3-17(25(15-21)39(33,34)35)1-2-18-4-6-22(16-26(18)40(36,37)38)30-28-20-9-13-24(32)14-10-20/h1-3,6-9,11,13-16,18,20-21,23,31-32H,4-5,10,12H2,(H,33,34,35)(H,36,37,38)/p-1/b2-1+,29-27?,30-28?. The van der Waals surface area contributed by atoms with Gasteiger partial charge in [0, 0.05) is 10.8 Å². The molecule has 0 aromatic rings. The van der Waals surface area contributed by atoms with E-state index in [2.05, 4.69) is 20.5 Å². The fourth-order valence-corrected chi connectivity index (χ4v) is 5.77. The summed E-state index contributed by atoms with van der Waals surface area (Å²) < 4.78 is 70.0. The summed E-state index contributed by atoms with van der Waals surface area (Å²) in [7, 11) is -9.54. The van der Waals surface area contributed by atoms with Crippen LogP contribution in [0.15, 0.2) is 126 Å². The zero-order chi connectivity index (χ0) is 28.9. The summed E-state index contributed by atoms with van der Waals surface area (Å²) in [5.74, 6) is -0.772. The van der Waals surface area contributed by atoms with E-state index < -0.39 is 48.1 Å². The molecule has 4 rings (SSSR count). The monoisotopic (exact) mass is 587 g/mol. The van der Waals surface area contributed by atoms with Crippen LogP contribution in [0.25, 0.3) is 0 Å². The van der Waals surface area contributed by atoms with E-state index in [0.717, 1.165) is 6.08 Å². The van der Waals surface area contributed by atoms with Gasteiger partial charge in [0.05, 0.1) is 34.5 Å². The largest absolute Gasteiger partial charge is 0.744 e. The fraction of sp³-hybridized carbons (Fsp3) is 0.308. The van der Waals surface area contributed by atoms with Gasteiger partial charge in [0.25, 0.3) is 10.1 Å². The van der Waals surface area contributed by atoms with Gasteiger partial charge in [0.2, 0.25) is 0 Å². The van der Waals surface area contributed by atoms with Crippen LogP contribution < -0.4 is 0 Å². The number of nitrogens with zero attached hydrogens (tertiary/aromatic N) is 4. The lowest BCUT2D eigenvalue weighted by atomic mass is 9.96. The Hall–Kier alpha value is -3.56. The quantitative estimate of drug-likeness (QED) is 0.276. The van der Waals surface area contributed by atoms with Gasteiger partial charge in [-0.3, -0.25) is 4.55 Å². The second-order valence-electron chi connectivity index (χ2n) is 9.31. The van der Waals surface area contributed by atoms with Gasteiger partial charge in [-0.1, -0.05) is 42.5 Å². The normalized spacial score (nSPS) is 27.9. The first-order valence-corrected chi connectivity index (χ1v) is 15.1. The molecule has 4 unspecified atom stereocenters. The predicted octanol–water partition coefficient (Wildman–Crippen LogP) is 4.23. The molecule has 4 aliphatic rings. The Morgan fingerprint density at radius 3 is 2.23 bits per heavy atom. The molecule has 0 aliphatic heterocycles. The molecule has 14 heteroatoms. The molecule has 0 aromatic carbocycles. The molecule has 0 amide bonds. The topological polar surface area (TPSA) is 201 Å². The number of azo groups is 2. The van der Waals surface area contributed by atoms with Gasteiger partial charge in [-0.2, -0.15) is 28.9 Å². The third kappa shape index (κ3) is 7.99. The maximum absolute atomic E-state index is 12.1. The minimum absolute atomic E-state index is 0.0890. The number of allylic oxidation sites excluding steroid dienone is 8. The highest BCUT2D eigenvalue weighted by Crippen LogP contribution is 2.32. The highest BCUT2D eigenvalue weighted by molar-refractivity contribution is 7.90. The van der Waals surface area contributed by atoms with E-state index in [0.29, 0.717) is 18.5 Å². The van der Waals surface area contributed by atoms with Gasteiger partial charge in [0.1, 0.15) is 15.9 Å². The Morgan fingerprint density at radius 2 is 1.57 bits per heavy atom.